The van der Waals surface area contributed by atoms with E-state index < -0.39 is 11.9 Å². The summed E-state index contributed by atoms with van der Waals surface area (Å²) >= 11 is 3.26. The van der Waals surface area contributed by atoms with Crippen molar-refractivity contribution in [3.63, 3.8) is 0 Å². The van der Waals surface area contributed by atoms with Crippen molar-refractivity contribution < 1.29 is 14.7 Å². The first kappa shape index (κ1) is 16.5. The number of rotatable bonds is 6. The highest BCUT2D eigenvalue weighted by Gasteiger charge is 2.20. The van der Waals surface area contributed by atoms with E-state index in [1.807, 2.05) is 13.8 Å². The van der Waals surface area contributed by atoms with Gasteiger partial charge in [0.2, 0.25) is 0 Å². The molecule has 0 saturated carbocycles. The Morgan fingerprint density at radius 1 is 1.35 bits per heavy atom. The van der Waals surface area contributed by atoms with Crippen LogP contribution in [0, 0.1) is 11.8 Å². The van der Waals surface area contributed by atoms with Gasteiger partial charge in [0.05, 0.1) is 5.92 Å². The van der Waals surface area contributed by atoms with Crippen molar-refractivity contribution in [1.29, 1.82) is 0 Å². The predicted molar refractivity (Wildman–Crippen MR) is 81.5 cm³/mol. The Kier molecular flexibility index (Phi) is 6.01. The van der Waals surface area contributed by atoms with Crippen LogP contribution in [-0.2, 0) is 4.79 Å². The van der Waals surface area contributed by atoms with Crippen molar-refractivity contribution >= 4 is 33.5 Å². The number of amides is 1. The van der Waals surface area contributed by atoms with E-state index in [2.05, 4.69) is 21.2 Å². The van der Waals surface area contributed by atoms with Gasteiger partial charge in [-0.05, 0) is 30.5 Å². The van der Waals surface area contributed by atoms with Crippen LogP contribution in [-0.4, -0.2) is 23.5 Å². The highest BCUT2D eigenvalue weighted by molar-refractivity contribution is 9.10. The summed E-state index contributed by atoms with van der Waals surface area (Å²) in [5.74, 6) is -1.54. The van der Waals surface area contributed by atoms with E-state index in [9.17, 15) is 9.59 Å². The Morgan fingerprint density at radius 3 is 2.50 bits per heavy atom. The number of carboxylic acid groups (broad SMARTS) is 1. The molecular formula is C14H19BrN2O3. The van der Waals surface area contributed by atoms with E-state index in [0.29, 0.717) is 22.1 Å². The number of nitrogen functional groups attached to an aromatic ring is 1. The topological polar surface area (TPSA) is 92.4 Å². The van der Waals surface area contributed by atoms with Gasteiger partial charge in [0.15, 0.2) is 0 Å². The fourth-order valence-electron chi connectivity index (χ4n) is 1.90. The van der Waals surface area contributed by atoms with Crippen LogP contribution < -0.4 is 11.1 Å². The van der Waals surface area contributed by atoms with Crippen molar-refractivity contribution in [2.45, 2.75) is 20.3 Å². The maximum Gasteiger partial charge on any atom is 0.308 e. The van der Waals surface area contributed by atoms with Gasteiger partial charge in [-0.2, -0.15) is 0 Å². The fraction of sp³-hybridized carbons (Fsp3) is 0.429. The van der Waals surface area contributed by atoms with E-state index in [0.717, 1.165) is 0 Å². The SMILES string of the molecule is CC(C)CC(CNC(=O)c1cc(N)cc(Br)c1)C(=O)O. The maximum absolute atomic E-state index is 12.0. The zero-order valence-corrected chi connectivity index (χ0v) is 13.1. The molecular weight excluding hydrogens is 324 g/mol. The van der Waals surface area contributed by atoms with E-state index in [4.69, 9.17) is 10.8 Å². The lowest BCUT2D eigenvalue weighted by Gasteiger charge is -2.15. The fourth-order valence-corrected chi connectivity index (χ4v) is 2.41. The molecule has 0 heterocycles. The molecule has 1 aromatic carbocycles. The molecule has 4 N–H and O–H groups in total. The molecule has 0 saturated heterocycles. The number of hydrogen-bond acceptors (Lipinski definition) is 3. The Morgan fingerprint density at radius 2 is 2.00 bits per heavy atom. The maximum atomic E-state index is 12.0. The van der Waals surface area contributed by atoms with Crippen LogP contribution in [0.15, 0.2) is 22.7 Å². The zero-order valence-electron chi connectivity index (χ0n) is 11.5. The third kappa shape index (κ3) is 5.21. The summed E-state index contributed by atoms with van der Waals surface area (Å²) in [6.45, 7) is 4.01. The molecule has 110 valence electrons. The van der Waals surface area contributed by atoms with Crippen LogP contribution in [0.1, 0.15) is 30.6 Å². The number of carboxylic acids is 1. The summed E-state index contributed by atoms with van der Waals surface area (Å²) in [6, 6.07) is 4.89. The number of hydrogen-bond donors (Lipinski definition) is 3. The van der Waals surface area contributed by atoms with Crippen molar-refractivity contribution in [1.82, 2.24) is 5.32 Å². The van der Waals surface area contributed by atoms with Gasteiger partial charge in [-0.1, -0.05) is 29.8 Å². The molecule has 1 rings (SSSR count). The van der Waals surface area contributed by atoms with E-state index in [1.165, 1.54) is 0 Å². The van der Waals surface area contributed by atoms with Gasteiger partial charge >= 0.3 is 5.97 Å². The van der Waals surface area contributed by atoms with Gasteiger partial charge < -0.3 is 16.2 Å². The molecule has 1 unspecified atom stereocenters. The second-order valence-corrected chi connectivity index (χ2v) is 6.06. The molecule has 0 aliphatic carbocycles. The predicted octanol–water partition coefficient (Wildman–Crippen LogP) is 2.51. The molecule has 0 aromatic heterocycles. The minimum absolute atomic E-state index is 0.110. The van der Waals surface area contributed by atoms with Crippen LogP contribution in [0.4, 0.5) is 5.69 Å². The first-order valence-electron chi connectivity index (χ1n) is 6.36. The molecule has 0 fully saturated rings. The van der Waals surface area contributed by atoms with Crippen molar-refractivity contribution in [2.75, 3.05) is 12.3 Å². The average Bonchev–Trinajstić information content (AvgIpc) is 2.32. The molecule has 1 aromatic rings. The van der Waals surface area contributed by atoms with Gasteiger partial charge in [0.1, 0.15) is 0 Å². The third-order valence-electron chi connectivity index (χ3n) is 2.80. The zero-order chi connectivity index (χ0) is 15.3. The second-order valence-electron chi connectivity index (χ2n) is 5.15. The number of carbonyl (C=O) groups excluding carboxylic acids is 1. The smallest absolute Gasteiger partial charge is 0.308 e. The van der Waals surface area contributed by atoms with Crippen LogP contribution in [0.3, 0.4) is 0 Å². The minimum Gasteiger partial charge on any atom is -0.481 e. The van der Waals surface area contributed by atoms with Crippen molar-refractivity contribution in [3.8, 4) is 0 Å². The van der Waals surface area contributed by atoms with Crippen LogP contribution in [0.25, 0.3) is 0 Å². The highest BCUT2D eigenvalue weighted by Crippen LogP contribution is 2.17. The number of nitrogens with two attached hydrogens (primary N) is 1. The summed E-state index contributed by atoms with van der Waals surface area (Å²) in [5, 5.41) is 11.8. The number of nitrogens with one attached hydrogen (secondary N) is 1. The quantitative estimate of drug-likeness (QED) is 0.692. The van der Waals surface area contributed by atoms with Gasteiger partial charge in [0, 0.05) is 22.3 Å². The number of anilines is 1. The minimum atomic E-state index is -0.896. The molecule has 0 aliphatic rings. The number of halogens is 1. The first-order valence-corrected chi connectivity index (χ1v) is 7.16. The normalized spacial score (nSPS) is 12.2. The van der Waals surface area contributed by atoms with Crippen molar-refractivity contribution in [3.05, 3.63) is 28.2 Å². The summed E-state index contributed by atoms with van der Waals surface area (Å²) in [7, 11) is 0. The molecule has 1 atom stereocenters. The van der Waals surface area contributed by atoms with Gasteiger partial charge in [-0.25, -0.2) is 0 Å². The van der Waals surface area contributed by atoms with E-state index >= 15 is 0 Å². The summed E-state index contributed by atoms with van der Waals surface area (Å²) in [5.41, 5.74) is 6.54. The largest absolute Gasteiger partial charge is 0.481 e. The summed E-state index contributed by atoms with van der Waals surface area (Å²) in [4.78, 5) is 23.1. The lowest BCUT2D eigenvalue weighted by molar-refractivity contribution is -0.142. The van der Waals surface area contributed by atoms with E-state index in [-0.39, 0.29) is 18.4 Å². The van der Waals surface area contributed by atoms with Gasteiger partial charge in [-0.15, -0.1) is 0 Å². The van der Waals surface area contributed by atoms with Crippen LogP contribution in [0.2, 0.25) is 0 Å². The highest BCUT2D eigenvalue weighted by atomic mass is 79.9. The molecule has 0 aliphatic heterocycles. The van der Waals surface area contributed by atoms with E-state index in [1.54, 1.807) is 18.2 Å². The first-order chi connectivity index (χ1) is 9.29. The Balaban J connectivity index is 2.67. The Hall–Kier alpha value is -1.56. The van der Waals surface area contributed by atoms with Crippen LogP contribution >= 0.6 is 15.9 Å². The number of aliphatic carboxylic acids is 1. The third-order valence-corrected chi connectivity index (χ3v) is 3.25. The Labute approximate surface area is 126 Å². The monoisotopic (exact) mass is 342 g/mol. The molecule has 5 nitrogen and oxygen atoms in total. The molecule has 0 radical (unpaired) electrons. The second kappa shape index (κ2) is 7.28. The molecule has 1 amide bonds. The average molecular weight is 343 g/mol. The molecule has 6 heteroatoms. The van der Waals surface area contributed by atoms with Crippen molar-refractivity contribution in [2.24, 2.45) is 11.8 Å². The molecule has 0 spiro atoms. The summed E-state index contributed by atoms with van der Waals surface area (Å²) in [6.07, 6.45) is 0.524. The number of carbonyl (C=O) groups is 2. The number of benzene rings is 1. The lowest BCUT2D eigenvalue weighted by Crippen LogP contribution is -2.33. The molecule has 0 bridgehead atoms. The Bertz CT molecular complexity index is 483. The van der Waals surface area contributed by atoms with Crippen LogP contribution in [0.5, 0.6) is 0 Å². The summed E-state index contributed by atoms with van der Waals surface area (Å²) < 4.78 is 0.708. The van der Waals surface area contributed by atoms with Gasteiger partial charge in [-0.3, -0.25) is 9.59 Å². The standard InChI is InChI=1S/C14H19BrN2O3/c1-8(2)3-10(14(19)20)7-17-13(18)9-4-11(15)6-12(16)5-9/h4-6,8,10H,3,7,16H2,1-2H3,(H,17,18)(H,19,20). The molecule has 20 heavy (non-hydrogen) atoms. The van der Waals surface area contributed by atoms with Gasteiger partial charge in [0.25, 0.3) is 5.91 Å². The lowest BCUT2D eigenvalue weighted by atomic mass is 9.97.